The Kier molecular flexibility index (Phi) is 5.58. The van der Waals surface area contributed by atoms with E-state index in [0.717, 1.165) is 32.6 Å². The number of aryl methyl sites for hydroxylation is 2. The number of rotatable bonds is 4. The fourth-order valence-electron chi connectivity index (χ4n) is 3.61. The molecule has 0 saturated heterocycles. The van der Waals surface area contributed by atoms with Gasteiger partial charge in [-0.1, -0.05) is 23.2 Å². The van der Waals surface area contributed by atoms with Crippen LogP contribution in [0.3, 0.4) is 0 Å². The van der Waals surface area contributed by atoms with E-state index in [0.29, 0.717) is 11.5 Å². The van der Waals surface area contributed by atoms with Crippen molar-refractivity contribution in [2.45, 2.75) is 13.8 Å². The monoisotopic (exact) mass is 509 g/mol. The van der Waals surface area contributed by atoms with Gasteiger partial charge in [0.05, 0.1) is 21.2 Å². The largest absolute Gasteiger partial charge is 0.460 e. The number of nitrogens with two attached hydrogens (primary N) is 1. The van der Waals surface area contributed by atoms with Crippen LogP contribution in [0.5, 0.6) is 11.5 Å². The van der Waals surface area contributed by atoms with Crippen molar-refractivity contribution in [3.05, 3.63) is 90.7 Å². The van der Waals surface area contributed by atoms with Crippen LogP contribution in [0.2, 0.25) is 10.0 Å². The summed E-state index contributed by atoms with van der Waals surface area (Å²) in [6.45, 7) is 3.86. The maximum Gasteiger partial charge on any atom is 0.349 e. The normalized spacial score (nSPS) is 11.2. The Labute approximate surface area is 207 Å². The molecular formula is C24H17Cl2N5O4. The van der Waals surface area contributed by atoms with Crippen molar-refractivity contribution in [1.82, 2.24) is 19.7 Å². The smallest absolute Gasteiger partial charge is 0.349 e. The lowest BCUT2D eigenvalue weighted by Gasteiger charge is -2.13. The standard InChI is InChI=1S/C24H17Cl2N5O4/c1-11-7-19(20-6-3-12(2)34-20)28-18-5-4-14(10-15(11)18)35-21-16(25)8-13(9-17(21)26)31-24(33)29-23(32)22(27)30-31/h3-10H,1-2H3,(H2,27,30)(H,29,32,33). The van der Waals surface area contributed by atoms with Crippen molar-refractivity contribution in [2.75, 3.05) is 5.73 Å². The molecule has 3 N–H and O–H groups in total. The molecule has 176 valence electrons. The molecule has 0 atom stereocenters. The SMILES string of the molecule is Cc1ccc(-c2cc(C)c3cc(Oc4c(Cl)cc(-n5nc(N)c(=O)[nH]c5=O)cc4Cl)ccc3n2)o1. The third-order valence-corrected chi connectivity index (χ3v) is 5.84. The molecule has 5 aromatic rings. The average Bonchev–Trinajstić information content (AvgIpc) is 3.25. The molecule has 5 rings (SSSR count). The lowest BCUT2D eigenvalue weighted by Crippen LogP contribution is -2.33. The molecule has 3 heterocycles. The van der Waals surface area contributed by atoms with Crippen LogP contribution < -0.4 is 21.7 Å². The summed E-state index contributed by atoms with van der Waals surface area (Å²) in [5.74, 6) is 1.82. The molecule has 11 heteroatoms. The summed E-state index contributed by atoms with van der Waals surface area (Å²) < 4.78 is 12.6. The third-order valence-electron chi connectivity index (χ3n) is 5.28. The summed E-state index contributed by atoms with van der Waals surface area (Å²) in [5, 5.41) is 4.92. The van der Waals surface area contributed by atoms with Gasteiger partial charge in [0.15, 0.2) is 11.5 Å². The van der Waals surface area contributed by atoms with E-state index in [2.05, 4.69) is 10.1 Å². The molecule has 0 radical (unpaired) electrons. The number of ether oxygens (including phenoxy) is 1. The van der Waals surface area contributed by atoms with E-state index in [1.54, 1.807) is 6.07 Å². The number of hydrogen-bond acceptors (Lipinski definition) is 7. The van der Waals surface area contributed by atoms with Gasteiger partial charge in [-0.05, 0) is 67.9 Å². The van der Waals surface area contributed by atoms with Crippen molar-refractivity contribution in [1.29, 1.82) is 0 Å². The number of furan rings is 1. The minimum absolute atomic E-state index is 0.129. The van der Waals surface area contributed by atoms with Crippen molar-refractivity contribution >= 4 is 39.9 Å². The second kappa shape index (κ2) is 8.61. The Morgan fingerprint density at radius 2 is 1.77 bits per heavy atom. The highest BCUT2D eigenvalue weighted by atomic mass is 35.5. The number of nitrogen functional groups attached to an aromatic ring is 1. The number of nitrogens with one attached hydrogen (secondary N) is 1. The summed E-state index contributed by atoms with van der Waals surface area (Å²) in [6, 6.07) is 14.0. The molecule has 0 fully saturated rings. The highest BCUT2D eigenvalue weighted by Gasteiger charge is 2.16. The maximum atomic E-state index is 12.1. The molecule has 0 saturated carbocycles. The van der Waals surface area contributed by atoms with Gasteiger partial charge < -0.3 is 14.9 Å². The second-order valence-corrected chi connectivity index (χ2v) is 8.62. The predicted molar refractivity (Wildman–Crippen MR) is 134 cm³/mol. The van der Waals surface area contributed by atoms with Gasteiger partial charge in [-0.2, -0.15) is 4.68 Å². The van der Waals surface area contributed by atoms with E-state index >= 15 is 0 Å². The van der Waals surface area contributed by atoms with Crippen LogP contribution in [0.25, 0.3) is 28.0 Å². The maximum absolute atomic E-state index is 12.1. The molecule has 0 aliphatic rings. The molecule has 2 aromatic carbocycles. The Balaban J connectivity index is 1.50. The number of benzene rings is 2. The first kappa shape index (κ1) is 22.7. The number of aromatic nitrogens is 4. The number of fused-ring (bicyclic) bond motifs is 1. The number of hydrogen-bond donors (Lipinski definition) is 2. The Hall–Kier alpha value is -4.08. The van der Waals surface area contributed by atoms with Crippen LogP contribution in [-0.2, 0) is 0 Å². The summed E-state index contributed by atoms with van der Waals surface area (Å²) >= 11 is 12.8. The molecule has 9 nitrogen and oxygen atoms in total. The van der Waals surface area contributed by atoms with Crippen LogP contribution in [0.1, 0.15) is 11.3 Å². The fourth-order valence-corrected chi connectivity index (χ4v) is 4.16. The van der Waals surface area contributed by atoms with Gasteiger partial charge in [0.1, 0.15) is 17.2 Å². The van der Waals surface area contributed by atoms with Gasteiger partial charge in [-0.3, -0.25) is 9.78 Å². The van der Waals surface area contributed by atoms with Gasteiger partial charge in [0, 0.05) is 5.39 Å². The number of H-pyrrole nitrogens is 1. The predicted octanol–water partition coefficient (Wildman–Crippen LogP) is 5.03. The minimum atomic E-state index is -0.786. The molecule has 0 unspecified atom stereocenters. The molecule has 0 bridgehead atoms. The summed E-state index contributed by atoms with van der Waals surface area (Å²) in [6.07, 6.45) is 0. The summed E-state index contributed by atoms with van der Waals surface area (Å²) in [7, 11) is 0. The molecule has 35 heavy (non-hydrogen) atoms. The number of anilines is 1. The molecule has 3 aromatic heterocycles. The lowest BCUT2D eigenvalue weighted by molar-refractivity contribution is 0.483. The first-order valence-corrected chi connectivity index (χ1v) is 11.1. The van der Waals surface area contributed by atoms with Crippen molar-refractivity contribution in [3.8, 4) is 28.6 Å². The molecule has 0 aliphatic carbocycles. The topological polar surface area (TPSA) is 129 Å². The lowest BCUT2D eigenvalue weighted by atomic mass is 10.1. The van der Waals surface area contributed by atoms with E-state index in [9.17, 15) is 9.59 Å². The van der Waals surface area contributed by atoms with Gasteiger partial charge in [0.2, 0.25) is 5.82 Å². The molecule has 0 aliphatic heterocycles. The first-order valence-electron chi connectivity index (χ1n) is 10.3. The fraction of sp³-hybridized carbons (Fsp3) is 0.0833. The number of halogens is 2. The number of aromatic amines is 1. The van der Waals surface area contributed by atoms with Gasteiger partial charge in [-0.25, -0.2) is 9.78 Å². The van der Waals surface area contributed by atoms with Crippen molar-refractivity contribution < 1.29 is 9.15 Å². The van der Waals surface area contributed by atoms with Gasteiger partial charge in [-0.15, -0.1) is 5.10 Å². The van der Waals surface area contributed by atoms with Crippen LogP contribution >= 0.6 is 23.2 Å². The molecule has 0 amide bonds. The number of nitrogens with zero attached hydrogens (tertiary/aromatic N) is 3. The van der Waals surface area contributed by atoms with E-state index in [4.69, 9.17) is 43.1 Å². The van der Waals surface area contributed by atoms with Crippen molar-refractivity contribution in [2.24, 2.45) is 0 Å². The first-order chi connectivity index (χ1) is 16.7. The molecule has 0 spiro atoms. The number of pyridine rings is 1. The third kappa shape index (κ3) is 4.27. The van der Waals surface area contributed by atoms with E-state index in [1.165, 1.54) is 12.1 Å². The molecular weight excluding hydrogens is 493 g/mol. The zero-order valence-electron chi connectivity index (χ0n) is 18.4. The van der Waals surface area contributed by atoms with Crippen molar-refractivity contribution in [3.63, 3.8) is 0 Å². The zero-order valence-corrected chi connectivity index (χ0v) is 19.9. The second-order valence-electron chi connectivity index (χ2n) is 7.81. The highest BCUT2D eigenvalue weighted by molar-refractivity contribution is 6.37. The Bertz CT molecular complexity index is 1720. The van der Waals surface area contributed by atoms with Gasteiger partial charge in [0.25, 0.3) is 5.56 Å². The quantitative estimate of drug-likeness (QED) is 0.347. The van der Waals surface area contributed by atoms with Crippen LogP contribution in [0.4, 0.5) is 5.82 Å². The zero-order chi connectivity index (χ0) is 24.9. The Morgan fingerprint density at radius 1 is 1.03 bits per heavy atom. The van der Waals surface area contributed by atoms with E-state index < -0.39 is 11.2 Å². The average molecular weight is 510 g/mol. The Morgan fingerprint density at radius 3 is 2.46 bits per heavy atom. The van der Waals surface area contributed by atoms with Crippen LogP contribution in [0.15, 0.2) is 62.5 Å². The van der Waals surface area contributed by atoms with Crippen LogP contribution in [-0.4, -0.2) is 19.7 Å². The van der Waals surface area contributed by atoms with Gasteiger partial charge >= 0.3 is 5.69 Å². The summed E-state index contributed by atoms with van der Waals surface area (Å²) in [5.41, 5.74) is 6.66. The van der Waals surface area contributed by atoms with Crippen LogP contribution in [0, 0.1) is 13.8 Å². The summed E-state index contributed by atoms with van der Waals surface area (Å²) in [4.78, 5) is 30.4. The van der Waals surface area contributed by atoms with E-state index in [1.807, 2.05) is 44.2 Å². The minimum Gasteiger partial charge on any atom is -0.460 e. The van der Waals surface area contributed by atoms with E-state index in [-0.39, 0.29) is 27.3 Å². The highest BCUT2D eigenvalue weighted by Crippen LogP contribution is 2.39.